The van der Waals surface area contributed by atoms with Crippen LogP contribution in [0.1, 0.15) is 78.0 Å². The third-order valence-electron chi connectivity index (χ3n) is 9.10. The van der Waals surface area contributed by atoms with Gasteiger partial charge in [0.15, 0.2) is 5.78 Å². The quantitative estimate of drug-likeness (QED) is 0.393. The monoisotopic (exact) mass is 455 g/mol. The summed E-state index contributed by atoms with van der Waals surface area (Å²) in [5, 5.41) is 0.542. The first-order chi connectivity index (χ1) is 14.9. The van der Waals surface area contributed by atoms with E-state index in [2.05, 4.69) is 19.9 Å². The Balaban J connectivity index is 1.44. The fourth-order valence-corrected chi connectivity index (χ4v) is 7.31. The number of pyridine rings is 1. The van der Waals surface area contributed by atoms with Crippen LogP contribution in [-0.4, -0.2) is 22.8 Å². The van der Waals surface area contributed by atoms with Gasteiger partial charge in [-0.2, -0.15) is 0 Å². The van der Waals surface area contributed by atoms with Crippen LogP contribution in [0.4, 0.5) is 0 Å². The van der Waals surface area contributed by atoms with Crippen molar-refractivity contribution >= 4 is 23.4 Å². The van der Waals surface area contributed by atoms with Crippen LogP contribution < -0.4 is 0 Å². The number of esters is 1. The van der Waals surface area contributed by atoms with Gasteiger partial charge in [0.05, 0.1) is 11.1 Å². The van der Waals surface area contributed by atoms with E-state index in [-0.39, 0.29) is 40.5 Å². The minimum atomic E-state index is -0.509. The Kier molecular flexibility index (Phi) is 4.95. The van der Waals surface area contributed by atoms with E-state index < -0.39 is 5.41 Å². The van der Waals surface area contributed by atoms with Crippen LogP contribution in [0.25, 0.3) is 0 Å². The summed E-state index contributed by atoms with van der Waals surface area (Å²) in [6.45, 7) is 10.3. The van der Waals surface area contributed by atoms with Crippen molar-refractivity contribution in [3.05, 3.63) is 40.2 Å². The average Bonchev–Trinajstić information content (AvgIpc) is 3.00. The summed E-state index contributed by atoms with van der Waals surface area (Å²) < 4.78 is 5.85. The smallest absolute Gasteiger partial charge is 0.311 e. The van der Waals surface area contributed by atoms with E-state index in [4.69, 9.17) is 21.3 Å². The molecule has 4 aliphatic rings. The molecule has 1 unspecified atom stereocenters. The second-order valence-corrected chi connectivity index (χ2v) is 12.4. The van der Waals surface area contributed by atoms with Crippen LogP contribution in [0, 0.1) is 28.6 Å². The third kappa shape index (κ3) is 3.20. The number of ketones is 1. The lowest BCUT2D eigenvalue weighted by molar-refractivity contribution is -0.160. The van der Waals surface area contributed by atoms with Crippen LogP contribution in [-0.2, 0) is 26.2 Å². The molecule has 0 aromatic carbocycles. The molecule has 5 heteroatoms. The number of carbonyl (C=O) groups excluding carboxylic acids is 2. The maximum absolute atomic E-state index is 13.6. The van der Waals surface area contributed by atoms with E-state index in [1.54, 1.807) is 0 Å². The molecule has 1 aromatic heterocycles. The lowest BCUT2D eigenvalue weighted by Gasteiger charge is -2.56. The van der Waals surface area contributed by atoms with Gasteiger partial charge in [0.25, 0.3) is 0 Å². The minimum Gasteiger partial charge on any atom is -0.462 e. The summed E-state index contributed by atoms with van der Waals surface area (Å²) in [7, 11) is 0. The summed E-state index contributed by atoms with van der Waals surface area (Å²) in [6.07, 6.45) is 7.30. The maximum atomic E-state index is 13.6. The van der Waals surface area contributed by atoms with Crippen molar-refractivity contribution in [1.82, 2.24) is 4.98 Å². The molecule has 4 aliphatic carbocycles. The van der Waals surface area contributed by atoms with Crippen molar-refractivity contribution in [3.8, 4) is 0 Å². The molecule has 2 fully saturated rings. The standard InChI is InChI=1S/C27H34ClNO3/c1-25(2,3)24(31)32-17-8-10-26(4)16(13-17)14-20(30)22-18(26)9-11-27(5)19(22)12-15-6-7-21(28)29-23(15)27/h6-7,14,17-19,22H,8-13H2,1-5H3/t17-,18-,19-,22?,26-,27-/m0/s1. The number of allylic oxidation sites excluding steroid dienone is 1. The Bertz CT molecular complexity index is 1020. The molecule has 172 valence electrons. The van der Waals surface area contributed by atoms with Gasteiger partial charge in [0.2, 0.25) is 0 Å². The Morgan fingerprint density at radius 3 is 2.53 bits per heavy atom. The van der Waals surface area contributed by atoms with Crippen molar-refractivity contribution in [2.45, 2.75) is 84.7 Å². The Labute approximate surface area is 196 Å². The Morgan fingerprint density at radius 1 is 1.09 bits per heavy atom. The number of halogens is 1. The van der Waals surface area contributed by atoms with E-state index in [0.29, 0.717) is 17.5 Å². The Morgan fingerprint density at radius 2 is 1.81 bits per heavy atom. The maximum Gasteiger partial charge on any atom is 0.311 e. The van der Waals surface area contributed by atoms with Crippen LogP contribution in [0.5, 0.6) is 0 Å². The number of rotatable bonds is 1. The second kappa shape index (κ2) is 7.16. The van der Waals surface area contributed by atoms with Gasteiger partial charge in [-0.05, 0) is 87.8 Å². The number of hydrogen-bond acceptors (Lipinski definition) is 4. The molecular formula is C27H34ClNO3. The molecule has 0 bridgehead atoms. The zero-order valence-corrected chi connectivity index (χ0v) is 20.6. The highest BCUT2D eigenvalue weighted by molar-refractivity contribution is 6.29. The topological polar surface area (TPSA) is 56.3 Å². The molecule has 1 heterocycles. The average molecular weight is 456 g/mol. The predicted octanol–water partition coefficient (Wildman–Crippen LogP) is 5.85. The highest BCUT2D eigenvalue weighted by atomic mass is 35.5. The minimum absolute atomic E-state index is 0.00436. The lowest BCUT2D eigenvalue weighted by atomic mass is 9.47. The summed E-state index contributed by atoms with van der Waals surface area (Å²) >= 11 is 6.25. The summed E-state index contributed by atoms with van der Waals surface area (Å²) in [4.78, 5) is 30.7. The zero-order valence-electron chi connectivity index (χ0n) is 19.8. The van der Waals surface area contributed by atoms with Gasteiger partial charge in [0, 0.05) is 17.8 Å². The molecule has 5 rings (SSSR count). The fraction of sp³-hybridized carbons (Fsp3) is 0.667. The molecule has 0 aliphatic heterocycles. The molecule has 0 radical (unpaired) electrons. The number of ether oxygens (including phenoxy) is 1. The first-order valence-electron chi connectivity index (χ1n) is 12.1. The number of nitrogens with zero attached hydrogens (tertiary/aromatic N) is 1. The molecule has 0 N–H and O–H groups in total. The van der Waals surface area contributed by atoms with Crippen molar-refractivity contribution < 1.29 is 14.3 Å². The van der Waals surface area contributed by atoms with Gasteiger partial charge in [-0.25, -0.2) is 4.98 Å². The van der Waals surface area contributed by atoms with Crippen LogP contribution >= 0.6 is 11.6 Å². The number of aromatic nitrogens is 1. The number of carbonyl (C=O) groups is 2. The van der Waals surface area contributed by atoms with E-state index in [1.807, 2.05) is 32.9 Å². The normalized spacial score (nSPS) is 38.2. The third-order valence-corrected chi connectivity index (χ3v) is 9.31. The lowest BCUT2D eigenvalue weighted by Crippen LogP contribution is -2.54. The molecule has 0 amide bonds. The Hall–Kier alpha value is -1.68. The molecular weight excluding hydrogens is 422 g/mol. The van der Waals surface area contributed by atoms with Gasteiger partial charge < -0.3 is 4.74 Å². The zero-order chi connectivity index (χ0) is 23.1. The highest BCUT2D eigenvalue weighted by Gasteiger charge is 2.60. The van der Waals surface area contributed by atoms with Crippen LogP contribution in [0.3, 0.4) is 0 Å². The van der Waals surface area contributed by atoms with Crippen molar-refractivity contribution in [2.75, 3.05) is 0 Å². The van der Waals surface area contributed by atoms with Gasteiger partial charge >= 0.3 is 5.97 Å². The second-order valence-electron chi connectivity index (χ2n) is 12.1. The van der Waals surface area contributed by atoms with Gasteiger partial charge in [0.1, 0.15) is 11.3 Å². The summed E-state index contributed by atoms with van der Waals surface area (Å²) in [6, 6.07) is 3.98. The first-order valence-corrected chi connectivity index (χ1v) is 12.4. The largest absolute Gasteiger partial charge is 0.462 e. The SMILES string of the molecule is CC(C)(C)C(=O)O[C@H]1CC[C@@]2(C)C(=CC(=O)C3[C@@H]2CC[C@]2(C)c4nc(Cl)ccc4C[C@@H]32)C1. The van der Waals surface area contributed by atoms with E-state index in [1.165, 1.54) is 11.1 Å². The van der Waals surface area contributed by atoms with E-state index >= 15 is 0 Å². The summed E-state index contributed by atoms with van der Waals surface area (Å²) in [5.74, 6) is 0.761. The van der Waals surface area contributed by atoms with Gasteiger partial charge in [-0.3, -0.25) is 9.59 Å². The number of hydrogen-bond donors (Lipinski definition) is 0. The van der Waals surface area contributed by atoms with Crippen molar-refractivity contribution in [1.29, 1.82) is 0 Å². The first kappa shape index (κ1) is 22.1. The van der Waals surface area contributed by atoms with Gasteiger partial charge in [-0.15, -0.1) is 0 Å². The highest BCUT2D eigenvalue weighted by Crippen LogP contribution is 2.63. The molecule has 2 saturated carbocycles. The van der Waals surface area contributed by atoms with E-state index in [9.17, 15) is 9.59 Å². The van der Waals surface area contributed by atoms with Crippen LogP contribution in [0.15, 0.2) is 23.8 Å². The molecule has 4 nitrogen and oxygen atoms in total. The molecule has 1 aromatic rings. The number of fused-ring (bicyclic) bond motifs is 7. The fourth-order valence-electron chi connectivity index (χ4n) is 7.16. The summed E-state index contributed by atoms with van der Waals surface area (Å²) in [5.41, 5.74) is 2.97. The van der Waals surface area contributed by atoms with E-state index in [0.717, 1.165) is 37.8 Å². The van der Waals surface area contributed by atoms with Gasteiger partial charge in [-0.1, -0.05) is 37.1 Å². The molecule has 6 atom stereocenters. The predicted molar refractivity (Wildman–Crippen MR) is 124 cm³/mol. The van der Waals surface area contributed by atoms with Crippen molar-refractivity contribution in [3.63, 3.8) is 0 Å². The molecule has 0 saturated heterocycles. The molecule has 32 heavy (non-hydrogen) atoms. The molecule has 0 spiro atoms. The van der Waals surface area contributed by atoms with Crippen molar-refractivity contribution in [2.24, 2.45) is 28.6 Å². The van der Waals surface area contributed by atoms with Crippen LogP contribution in [0.2, 0.25) is 5.15 Å².